The highest BCUT2D eigenvalue weighted by molar-refractivity contribution is 5.91. The highest BCUT2D eigenvalue weighted by Crippen LogP contribution is 2.51. The second kappa shape index (κ2) is 7.32. The number of halogens is 4. The molecule has 0 unspecified atom stereocenters. The third-order valence-electron chi connectivity index (χ3n) is 5.15. The molecule has 1 aromatic carbocycles. The van der Waals surface area contributed by atoms with E-state index in [4.69, 9.17) is 9.47 Å². The van der Waals surface area contributed by atoms with Crippen molar-refractivity contribution < 1.29 is 41.9 Å². The van der Waals surface area contributed by atoms with Crippen molar-refractivity contribution in [3.63, 3.8) is 0 Å². The molecule has 31 heavy (non-hydrogen) atoms. The fraction of sp³-hybridized carbons (Fsp3) is 0.556. The van der Waals surface area contributed by atoms with Crippen LogP contribution in [0, 0.1) is 21.8 Å². The quantitative estimate of drug-likeness (QED) is 0.419. The summed E-state index contributed by atoms with van der Waals surface area (Å²) in [6.45, 7) is 3.05. The largest absolute Gasteiger partial charge is 0.465 e. The van der Waals surface area contributed by atoms with Crippen molar-refractivity contribution in [3.8, 4) is 0 Å². The van der Waals surface area contributed by atoms with Crippen molar-refractivity contribution >= 4 is 17.8 Å². The number of amides is 1. The van der Waals surface area contributed by atoms with Crippen LogP contribution in [0.2, 0.25) is 0 Å². The number of alkyl halides is 3. The van der Waals surface area contributed by atoms with Gasteiger partial charge in [0.1, 0.15) is 11.4 Å². The Morgan fingerprint density at radius 3 is 2.52 bits per heavy atom. The van der Waals surface area contributed by atoms with E-state index in [1.54, 1.807) is 0 Å². The first-order valence-electron chi connectivity index (χ1n) is 9.07. The van der Waals surface area contributed by atoms with Crippen molar-refractivity contribution in [2.45, 2.75) is 44.1 Å². The van der Waals surface area contributed by atoms with Gasteiger partial charge in [-0.1, -0.05) is 0 Å². The molecule has 2 aliphatic heterocycles. The number of rotatable bonds is 2. The number of amidine groups is 1. The molecule has 1 N–H and O–H groups in total. The SMILES string of the molecule is CC(C)(C)N(C(=O)O)C1=N[C@@]2(c3cc([N+](=O)[O-])ccc3F)CO[C@H](C(F)(F)F)[C@H]2CO1. The highest BCUT2D eigenvalue weighted by atomic mass is 19.4. The van der Waals surface area contributed by atoms with E-state index in [0.29, 0.717) is 4.90 Å². The van der Waals surface area contributed by atoms with Gasteiger partial charge in [0.15, 0.2) is 6.10 Å². The summed E-state index contributed by atoms with van der Waals surface area (Å²) >= 11 is 0. The van der Waals surface area contributed by atoms with E-state index in [0.717, 1.165) is 18.2 Å². The topological polar surface area (TPSA) is 115 Å². The maximum atomic E-state index is 14.8. The van der Waals surface area contributed by atoms with E-state index in [1.165, 1.54) is 20.8 Å². The lowest BCUT2D eigenvalue weighted by Gasteiger charge is -2.41. The molecule has 0 spiro atoms. The summed E-state index contributed by atoms with van der Waals surface area (Å²) in [5.41, 5.74) is -4.25. The van der Waals surface area contributed by atoms with Crippen molar-refractivity contribution in [3.05, 3.63) is 39.7 Å². The van der Waals surface area contributed by atoms with Gasteiger partial charge in [-0.25, -0.2) is 19.1 Å². The molecule has 0 radical (unpaired) electrons. The summed E-state index contributed by atoms with van der Waals surface area (Å²) in [6, 6.07) is 1.86. The summed E-state index contributed by atoms with van der Waals surface area (Å²) in [4.78, 5) is 27.0. The Morgan fingerprint density at radius 1 is 1.35 bits per heavy atom. The smallest absolute Gasteiger partial charge is 0.415 e. The van der Waals surface area contributed by atoms with Gasteiger partial charge < -0.3 is 14.6 Å². The Morgan fingerprint density at radius 2 is 2.00 bits per heavy atom. The molecule has 13 heteroatoms. The number of ether oxygens (including phenoxy) is 2. The highest BCUT2D eigenvalue weighted by Gasteiger charge is 2.63. The second-order valence-electron chi connectivity index (χ2n) is 8.22. The number of benzene rings is 1. The summed E-state index contributed by atoms with van der Waals surface area (Å²) in [5, 5.41) is 20.8. The number of carboxylic acid groups (broad SMARTS) is 1. The first-order chi connectivity index (χ1) is 14.2. The molecule has 0 aliphatic carbocycles. The number of non-ortho nitro benzene ring substituents is 1. The van der Waals surface area contributed by atoms with E-state index in [9.17, 15) is 37.6 Å². The Labute approximate surface area is 173 Å². The van der Waals surface area contributed by atoms with Crippen molar-refractivity contribution in [1.82, 2.24) is 4.90 Å². The van der Waals surface area contributed by atoms with Crippen molar-refractivity contribution in [1.29, 1.82) is 0 Å². The zero-order valence-electron chi connectivity index (χ0n) is 16.6. The predicted octanol–water partition coefficient (Wildman–Crippen LogP) is 3.67. The lowest BCUT2D eigenvalue weighted by Crippen LogP contribution is -2.55. The summed E-state index contributed by atoms with van der Waals surface area (Å²) in [5.74, 6) is -2.63. The van der Waals surface area contributed by atoms with Crippen molar-refractivity contribution in [2.24, 2.45) is 10.9 Å². The number of aliphatic imine (C=N–C) groups is 1. The number of hydrogen-bond acceptors (Lipinski definition) is 6. The molecule has 1 amide bonds. The maximum Gasteiger partial charge on any atom is 0.415 e. The zero-order valence-corrected chi connectivity index (χ0v) is 16.6. The monoisotopic (exact) mass is 449 g/mol. The minimum Gasteiger partial charge on any atom is -0.465 e. The molecule has 0 saturated carbocycles. The van der Waals surface area contributed by atoms with Gasteiger partial charge in [0.2, 0.25) is 0 Å². The average molecular weight is 449 g/mol. The first-order valence-corrected chi connectivity index (χ1v) is 9.07. The van der Waals surface area contributed by atoms with Crippen LogP contribution in [-0.2, 0) is 15.0 Å². The number of carbonyl (C=O) groups is 1. The number of nitro groups is 1. The minimum atomic E-state index is -4.85. The lowest BCUT2D eigenvalue weighted by atomic mass is 9.77. The molecule has 0 aromatic heterocycles. The van der Waals surface area contributed by atoms with Gasteiger partial charge in [-0.2, -0.15) is 13.2 Å². The van der Waals surface area contributed by atoms with E-state index in [2.05, 4.69) is 4.99 Å². The molecule has 2 heterocycles. The molecule has 170 valence electrons. The molecule has 9 nitrogen and oxygen atoms in total. The second-order valence-corrected chi connectivity index (χ2v) is 8.22. The summed E-state index contributed by atoms with van der Waals surface area (Å²) in [6.07, 6.45) is -8.73. The van der Waals surface area contributed by atoms with Gasteiger partial charge in [-0.15, -0.1) is 0 Å². The molecule has 3 atom stereocenters. The lowest BCUT2D eigenvalue weighted by molar-refractivity contribution is -0.385. The van der Waals surface area contributed by atoms with Crippen molar-refractivity contribution in [2.75, 3.05) is 13.2 Å². The van der Waals surface area contributed by atoms with Crippen LogP contribution < -0.4 is 0 Å². The summed E-state index contributed by atoms with van der Waals surface area (Å²) in [7, 11) is 0. The van der Waals surface area contributed by atoms with Gasteiger partial charge in [0.05, 0.1) is 24.1 Å². The number of nitro benzene ring substituents is 1. The van der Waals surface area contributed by atoms with E-state index in [-0.39, 0.29) is 0 Å². The van der Waals surface area contributed by atoms with E-state index >= 15 is 0 Å². The predicted molar refractivity (Wildman–Crippen MR) is 97.0 cm³/mol. The van der Waals surface area contributed by atoms with E-state index < -0.39 is 76.6 Å². The average Bonchev–Trinajstić information content (AvgIpc) is 3.00. The third kappa shape index (κ3) is 3.89. The minimum absolute atomic E-state index is 0.501. The van der Waals surface area contributed by atoms with Gasteiger partial charge in [-0.05, 0) is 26.8 Å². The van der Waals surface area contributed by atoms with Gasteiger partial charge in [0.25, 0.3) is 11.7 Å². The van der Waals surface area contributed by atoms with E-state index in [1.807, 2.05) is 0 Å². The number of hydrogen-bond donors (Lipinski definition) is 1. The normalized spacial score (nSPS) is 26.0. The van der Waals surface area contributed by atoms with Crippen LogP contribution in [0.1, 0.15) is 26.3 Å². The fourth-order valence-corrected chi connectivity index (χ4v) is 3.79. The molecule has 3 rings (SSSR count). The van der Waals surface area contributed by atoms with Crippen LogP contribution in [0.25, 0.3) is 0 Å². The van der Waals surface area contributed by atoms with Gasteiger partial charge >= 0.3 is 12.3 Å². The molecule has 1 aromatic rings. The first kappa shape index (κ1) is 22.7. The Hall–Kier alpha value is -2.96. The van der Waals surface area contributed by atoms with Gasteiger partial charge in [-0.3, -0.25) is 10.1 Å². The zero-order chi connectivity index (χ0) is 23.4. The van der Waals surface area contributed by atoms with Gasteiger partial charge in [0, 0.05) is 23.2 Å². The standard InChI is InChI=1S/C18H19F4N3O6/c1-16(2,3)24(15(26)27)14-23-17(10-6-9(25(28)29)4-5-12(10)19)8-31-13(18(20,21)22)11(17)7-30-14/h4-6,11,13H,7-8H2,1-3H3,(H,26,27)/t11-,13+,17-/m1/s1. The van der Waals surface area contributed by atoms with Crippen LogP contribution in [0.15, 0.2) is 23.2 Å². The number of nitrogens with zero attached hydrogens (tertiary/aromatic N) is 3. The molecule has 1 saturated heterocycles. The van der Waals surface area contributed by atoms with Crippen LogP contribution in [-0.4, -0.2) is 58.1 Å². The Balaban J connectivity index is 2.25. The number of fused-ring (bicyclic) bond motifs is 1. The molecule has 0 bridgehead atoms. The fourth-order valence-electron chi connectivity index (χ4n) is 3.79. The van der Waals surface area contributed by atoms with Crippen LogP contribution >= 0.6 is 0 Å². The maximum absolute atomic E-state index is 14.8. The molecular weight excluding hydrogens is 430 g/mol. The van der Waals surface area contributed by atoms with Crippen LogP contribution in [0.4, 0.5) is 28.0 Å². The Kier molecular flexibility index (Phi) is 5.37. The van der Waals surface area contributed by atoms with Crippen LogP contribution in [0.3, 0.4) is 0 Å². The molecular formula is C18H19F4N3O6. The Bertz CT molecular complexity index is 945. The molecule has 1 fully saturated rings. The molecule has 2 aliphatic rings. The summed E-state index contributed by atoms with van der Waals surface area (Å²) < 4.78 is 65.7. The third-order valence-corrected chi connectivity index (χ3v) is 5.15. The van der Waals surface area contributed by atoms with Crippen LogP contribution in [0.5, 0.6) is 0 Å².